The summed E-state index contributed by atoms with van der Waals surface area (Å²) < 4.78 is 18.6. The molecule has 0 unspecified atom stereocenters. The lowest BCUT2D eigenvalue weighted by Crippen LogP contribution is -1.94. The summed E-state index contributed by atoms with van der Waals surface area (Å²) in [7, 11) is 0. The third kappa shape index (κ3) is 2.37. The summed E-state index contributed by atoms with van der Waals surface area (Å²) in [5.41, 5.74) is 0.588. The summed E-state index contributed by atoms with van der Waals surface area (Å²) in [4.78, 5) is 7.66. The Kier molecular flexibility index (Phi) is 2.97. The van der Waals surface area contributed by atoms with Gasteiger partial charge in [0.15, 0.2) is 0 Å². The standard InChI is InChI=1S/C12H8FN3O/c1-8-2-3-9(6-10(8)13)17-12-11(7-14)15-4-5-16-12/h2-6H,1H3. The van der Waals surface area contributed by atoms with Gasteiger partial charge < -0.3 is 4.74 Å². The monoisotopic (exact) mass is 229 g/mol. The quantitative estimate of drug-likeness (QED) is 0.794. The third-order valence-corrected chi connectivity index (χ3v) is 2.13. The van der Waals surface area contributed by atoms with Crippen LogP contribution in [0.3, 0.4) is 0 Å². The highest BCUT2D eigenvalue weighted by Crippen LogP contribution is 2.22. The maximum absolute atomic E-state index is 13.3. The number of aryl methyl sites for hydroxylation is 1. The topological polar surface area (TPSA) is 58.8 Å². The van der Waals surface area contributed by atoms with Crippen molar-refractivity contribution in [2.24, 2.45) is 0 Å². The summed E-state index contributed by atoms with van der Waals surface area (Å²) in [6, 6.07) is 6.29. The zero-order valence-electron chi connectivity index (χ0n) is 9.01. The number of aromatic nitrogens is 2. The van der Waals surface area contributed by atoms with E-state index in [-0.39, 0.29) is 23.1 Å². The molecule has 0 radical (unpaired) electrons. The molecule has 1 aromatic heterocycles. The molecule has 1 heterocycles. The Morgan fingerprint density at radius 3 is 2.76 bits per heavy atom. The zero-order chi connectivity index (χ0) is 12.3. The second kappa shape index (κ2) is 4.58. The maximum atomic E-state index is 13.3. The second-order valence-electron chi connectivity index (χ2n) is 3.33. The van der Waals surface area contributed by atoms with Crippen LogP contribution in [0.5, 0.6) is 11.6 Å². The van der Waals surface area contributed by atoms with Crippen molar-refractivity contribution in [3.8, 4) is 17.7 Å². The number of halogens is 1. The van der Waals surface area contributed by atoms with Crippen molar-refractivity contribution in [1.29, 1.82) is 5.26 Å². The molecule has 0 saturated heterocycles. The van der Waals surface area contributed by atoms with Gasteiger partial charge in [0.1, 0.15) is 17.6 Å². The van der Waals surface area contributed by atoms with Gasteiger partial charge in [-0.25, -0.2) is 14.4 Å². The van der Waals surface area contributed by atoms with Gasteiger partial charge in [-0.1, -0.05) is 6.07 Å². The Labute approximate surface area is 97.3 Å². The zero-order valence-corrected chi connectivity index (χ0v) is 9.01. The molecule has 0 spiro atoms. The largest absolute Gasteiger partial charge is 0.436 e. The van der Waals surface area contributed by atoms with Crippen molar-refractivity contribution in [3.63, 3.8) is 0 Å². The minimum atomic E-state index is -0.370. The van der Waals surface area contributed by atoms with Crippen LogP contribution < -0.4 is 4.74 Å². The highest BCUT2D eigenvalue weighted by atomic mass is 19.1. The molecular weight excluding hydrogens is 221 g/mol. The summed E-state index contributed by atoms with van der Waals surface area (Å²) in [6.07, 6.45) is 2.79. The van der Waals surface area contributed by atoms with Gasteiger partial charge in [0.25, 0.3) is 5.88 Å². The van der Waals surface area contributed by atoms with E-state index < -0.39 is 0 Å². The summed E-state index contributed by atoms with van der Waals surface area (Å²) in [6.45, 7) is 1.65. The van der Waals surface area contributed by atoms with Gasteiger partial charge in [0.2, 0.25) is 5.69 Å². The maximum Gasteiger partial charge on any atom is 0.256 e. The van der Waals surface area contributed by atoms with Crippen molar-refractivity contribution >= 4 is 0 Å². The first-order chi connectivity index (χ1) is 8.20. The van der Waals surface area contributed by atoms with E-state index in [1.807, 2.05) is 6.07 Å². The van der Waals surface area contributed by atoms with E-state index in [2.05, 4.69) is 9.97 Å². The fraction of sp³-hybridized carbons (Fsp3) is 0.0833. The normalized spacial score (nSPS) is 9.71. The molecule has 0 bridgehead atoms. The number of ether oxygens (including phenoxy) is 1. The third-order valence-electron chi connectivity index (χ3n) is 2.13. The van der Waals surface area contributed by atoms with Gasteiger partial charge in [-0.15, -0.1) is 0 Å². The number of nitrogens with zero attached hydrogens (tertiary/aromatic N) is 3. The Hall–Kier alpha value is -2.48. The minimum absolute atomic E-state index is 0.0634. The molecule has 0 atom stereocenters. The first-order valence-electron chi connectivity index (χ1n) is 4.86. The van der Waals surface area contributed by atoms with Gasteiger partial charge in [-0.05, 0) is 18.6 Å². The van der Waals surface area contributed by atoms with E-state index in [0.717, 1.165) is 0 Å². The van der Waals surface area contributed by atoms with E-state index in [4.69, 9.17) is 10.00 Å². The molecule has 17 heavy (non-hydrogen) atoms. The molecule has 5 heteroatoms. The molecule has 0 saturated carbocycles. The lowest BCUT2D eigenvalue weighted by Gasteiger charge is -2.05. The van der Waals surface area contributed by atoms with Crippen LogP contribution in [0.2, 0.25) is 0 Å². The first-order valence-corrected chi connectivity index (χ1v) is 4.86. The van der Waals surface area contributed by atoms with E-state index >= 15 is 0 Å². The molecule has 0 aliphatic rings. The number of hydrogen-bond acceptors (Lipinski definition) is 4. The van der Waals surface area contributed by atoms with Crippen LogP contribution in [-0.2, 0) is 0 Å². The summed E-state index contributed by atoms with van der Waals surface area (Å²) in [5, 5.41) is 8.79. The SMILES string of the molecule is Cc1ccc(Oc2nccnc2C#N)cc1F. The average Bonchev–Trinajstić information content (AvgIpc) is 2.34. The molecule has 0 fully saturated rings. The number of hydrogen-bond donors (Lipinski definition) is 0. The molecule has 0 aliphatic carbocycles. The molecule has 0 aliphatic heterocycles. The molecule has 84 valence electrons. The molecular formula is C12H8FN3O. The fourth-order valence-corrected chi connectivity index (χ4v) is 1.23. The minimum Gasteiger partial charge on any atom is -0.436 e. The van der Waals surface area contributed by atoms with Crippen molar-refractivity contribution in [2.45, 2.75) is 6.92 Å². The fourth-order valence-electron chi connectivity index (χ4n) is 1.23. The summed E-state index contributed by atoms with van der Waals surface area (Å²) >= 11 is 0. The molecule has 2 aromatic rings. The van der Waals surface area contributed by atoms with Crippen LogP contribution in [0.15, 0.2) is 30.6 Å². The van der Waals surface area contributed by atoms with Crippen LogP contribution >= 0.6 is 0 Å². The highest BCUT2D eigenvalue weighted by Gasteiger charge is 2.08. The van der Waals surface area contributed by atoms with Crippen LogP contribution in [0.25, 0.3) is 0 Å². The van der Waals surface area contributed by atoms with Crippen molar-refractivity contribution in [3.05, 3.63) is 47.7 Å². The van der Waals surface area contributed by atoms with Crippen LogP contribution in [0.4, 0.5) is 4.39 Å². The van der Waals surface area contributed by atoms with Crippen molar-refractivity contribution < 1.29 is 9.13 Å². The Morgan fingerprint density at radius 2 is 2.06 bits per heavy atom. The van der Waals surface area contributed by atoms with E-state index in [1.165, 1.54) is 18.5 Å². The number of rotatable bonds is 2. The van der Waals surface area contributed by atoms with E-state index in [9.17, 15) is 4.39 Å². The number of benzene rings is 1. The molecule has 1 aromatic carbocycles. The van der Waals surface area contributed by atoms with Crippen molar-refractivity contribution in [1.82, 2.24) is 9.97 Å². The lowest BCUT2D eigenvalue weighted by atomic mass is 10.2. The van der Waals surface area contributed by atoms with Crippen LogP contribution in [0.1, 0.15) is 11.3 Å². The smallest absolute Gasteiger partial charge is 0.256 e. The number of nitriles is 1. The predicted molar refractivity (Wildman–Crippen MR) is 58.0 cm³/mol. The molecule has 4 nitrogen and oxygen atoms in total. The van der Waals surface area contributed by atoms with Gasteiger partial charge in [-0.3, -0.25) is 0 Å². The predicted octanol–water partition coefficient (Wildman–Crippen LogP) is 2.59. The average molecular weight is 229 g/mol. The second-order valence-corrected chi connectivity index (χ2v) is 3.33. The summed E-state index contributed by atoms with van der Waals surface area (Å²) in [5.74, 6) is -0.0201. The van der Waals surface area contributed by atoms with Gasteiger partial charge in [0, 0.05) is 18.5 Å². The Morgan fingerprint density at radius 1 is 1.29 bits per heavy atom. The lowest BCUT2D eigenvalue weighted by molar-refractivity contribution is 0.453. The van der Waals surface area contributed by atoms with Gasteiger partial charge in [-0.2, -0.15) is 5.26 Å². The van der Waals surface area contributed by atoms with E-state index in [1.54, 1.807) is 19.1 Å². The van der Waals surface area contributed by atoms with Crippen molar-refractivity contribution in [2.75, 3.05) is 0 Å². The van der Waals surface area contributed by atoms with E-state index in [0.29, 0.717) is 5.56 Å². The molecule has 0 amide bonds. The van der Waals surface area contributed by atoms with Crippen LogP contribution in [-0.4, -0.2) is 9.97 Å². The Bertz CT molecular complexity index is 593. The molecule has 2 rings (SSSR count). The highest BCUT2D eigenvalue weighted by molar-refractivity contribution is 5.36. The van der Waals surface area contributed by atoms with Gasteiger partial charge in [0.05, 0.1) is 0 Å². The van der Waals surface area contributed by atoms with Gasteiger partial charge >= 0.3 is 0 Å². The molecule has 0 N–H and O–H groups in total. The first kappa shape index (κ1) is 11.0. The van der Waals surface area contributed by atoms with Crippen LogP contribution in [0, 0.1) is 24.1 Å². The Balaban J connectivity index is 2.32.